The first-order chi connectivity index (χ1) is 7.13. The van der Waals surface area contributed by atoms with Crippen LogP contribution in [0.2, 0.25) is 0 Å². The molecule has 0 saturated carbocycles. The fourth-order valence-corrected chi connectivity index (χ4v) is 2.85. The molecule has 3 nitrogen and oxygen atoms in total. The van der Waals surface area contributed by atoms with Crippen LogP contribution >= 0.6 is 31.9 Å². The minimum Gasteiger partial charge on any atom is -0.506 e. The molecule has 0 fully saturated rings. The van der Waals surface area contributed by atoms with Crippen LogP contribution in [0, 0.1) is 0 Å². The third-order valence-electron chi connectivity index (χ3n) is 2.02. The lowest BCUT2D eigenvalue weighted by Crippen LogP contribution is -1.89. The van der Waals surface area contributed by atoms with Crippen LogP contribution in [0.4, 0.5) is 0 Å². The Morgan fingerprint density at radius 1 is 1.27 bits per heavy atom. The van der Waals surface area contributed by atoms with Gasteiger partial charge in [-0.3, -0.25) is 4.98 Å². The molecule has 0 amide bonds. The Hall–Kier alpha value is -0.810. The van der Waals surface area contributed by atoms with E-state index in [0.29, 0.717) is 5.75 Å². The van der Waals surface area contributed by atoms with Gasteiger partial charge in [0.2, 0.25) is 0 Å². The average Bonchev–Trinajstić information content (AvgIpc) is 2.17. The topological polar surface area (TPSA) is 42.4 Å². The molecule has 1 aromatic heterocycles. The molecule has 0 saturated heterocycles. The van der Waals surface area contributed by atoms with Crippen molar-refractivity contribution in [3.05, 3.63) is 27.3 Å². The number of hydrogen-bond acceptors (Lipinski definition) is 3. The van der Waals surface area contributed by atoms with E-state index in [1.54, 1.807) is 13.2 Å². The highest BCUT2D eigenvalue weighted by Gasteiger charge is 2.11. The Balaban J connectivity index is 2.91. The highest BCUT2D eigenvalue weighted by atomic mass is 79.9. The Labute approximate surface area is 103 Å². The Kier molecular flexibility index (Phi) is 2.84. The molecule has 1 aromatic carbocycles. The number of aromatic nitrogens is 1. The van der Waals surface area contributed by atoms with Crippen molar-refractivity contribution in [2.24, 2.45) is 0 Å². The van der Waals surface area contributed by atoms with Crippen molar-refractivity contribution in [3.8, 4) is 11.5 Å². The number of hydrogen-bond donors (Lipinski definition) is 1. The molecule has 0 aliphatic rings. The first-order valence-corrected chi connectivity index (χ1v) is 5.73. The summed E-state index contributed by atoms with van der Waals surface area (Å²) in [7, 11) is 1.58. The number of fused-ring (bicyclic) bond motifs is 1. The summed E-state index contributed by atoms with van der Waals surface area (Å²) >= 11 is 6.79. The zero-order valence-corrected chi connectivity index (χ0v) is 11.0. The largest absolute Gasteiger partial charge is 0.506 e. The molecule has 2 rings (SSSR count). The third-order valence-corrected chi connectivity index (χ3v) is 3.21. The SMILES string of the molecule is COc1c(Br)cc(Br)c2ncc(O)cc12. The van der Waals surface area contributed by atoms with Crippen molar-refractivity contribution in [2.45, 2.75) is 0 Å². The van der Waals surface area contributed by atoms with Gasteiger partial charge in [-0.15, -0.1) is 0 Å². The van der Waals surface area contributed by atoms with Gasteiger partial charge in [-0.2, -0.15) is 0 Å². The van der Waals surface area contributed by atoms with Gasteiger partial charge in [0, 0.05) is 9.86 Å². The average molecular weight is 333 g/mol. The van der Waals surface area contributed by atoms with Crippen LogP contribution in [0.25, 0.3) is 10.9 Å². The van der Waals surface area contributed by atoms with Gasteiger partial charge in [0.05, 0.1) is 23.3 Å². The predicted molar refractivity (Wildman–Crippen MR) is 65.4 cm³/mol. The summed E-state index contributed by atoms with van der Waals surface area (Å²) in [6, 6.07) is 3.49. The molecule has 0 atom stereocenters. The molecule has 1 heterocycles. The molecule has 0 unspecified atom stereocenters. The van der Waals surface area contributed by atoms with Crippen molar-refractivity contribution in [1.29, 1.82) is 0 Å². The van der Waals surface area contributed by atoms with Gasteiger partial charge in [0.15, 0.2) is 0 Å². The van der Waals surface area contributed by atoms with Crippen molar-refractivity contribution in [2.75, 3.05) is 7.11 Å². The lowest BCUT2D eigenvalue weighted by atomic mass is 10.2. The van der Waals surface area contributed by atoms with E-state index >= 15 is 0 Å². The van der Waals surface area contributed by atoms with Crippen molar-refractivity contribution < 1.29 is 9.84 Å². The predicted octanol–water partition coefficient (Wildman–Crippen LogP) is 3.47. The number of rotatable bonds is 1. The highest BCUT2D eigenvalue weighted by molar-refractivity contribution is 9.11. The fourth-order valence-electron chi connectivity index (χ4n) is 1.40. The van der Waals surface area contributed by atoms with E-state index in [1.807, 2.05) is 6.07 Å². The van der Waals surface area contributed by atoms with Gasteiger partial charge in [0.25, 0.3) is 0 Å². The number of halogens is 2. The van der Waals surface area contributed by atoms with Gasteiger partial charge in [-0.25, -0.2) is 0 Å². The summed E-state index contributed by atoms with van der Waals surface area (Å²) < 4.78 is 6.92. The first-order valence-electron chi connectivity index (χ1n) is 4.14. The second kappa shape index (κ2) is 3.98. The minimum atomic E-state index is 0.116. The van der Waals surface area contributed by atoms with Crippen LogP contribution in [0.3, 0.4) is 0 Å². The minimum absolute atomic E-state index is 0.116. The van der Waals surface area contributed by atoms with E-state index in [1.165, 1.54) is 6.20 Å². The first kappa shape index (κ1) is 10.7. The maximum Gasteiger partial charge on any atom is 0.142 e. The fraction of sp³-hybridized carbons (Fsp3) is 0.100. The summed E-state index contributed by atoms with van der Waals surface area (Å²) in [5.74, 6) is 0.780. The quantitative estimate of drug-likeness (QED) is 0.869. The molecule has 78 valence electrons. The maximum absolute atomic E-state index is 9.38. The third kappa shape index (κ3) is 1.81. The van der Waals surface area contributed by atoms with E-state index in [2.05, 4.69) is 36.8 Å². The Morgan fingerprint density at radius 3 is 2.67 bits per heavy atom. The van der Waals surface area contributed by atoms with E-state index in [-0.39, 0.29) is 5.75 Å². The molecule has 0 aliphatic carbocycles. The summed E-state index contributed by atoms with van der Waals surface area (Å²) in [5.41, 5.74) is 0.757. The number of nitrogens with zero attached hydrogens (tertiary/aromatic N) is 1. The van der Waals surface area contributed by atoms with Crippen molar-refractivity contribution in [3.63, 3.8) is 0 Å². The Morgan fingerprint density at radius 2 is 2.00 bits per heavy atom. The number of ether oxygens (including phenoxy) is 1. The smallest absolute Gasteiger partial charge is 0.142 e. The number of pyridine rings is 1. The molecule has 0 spiro atoms. The van der Waals surface area contributed by atoms with Crippen molar-refractivity contribution in [1.82, 2.24) is 4.98 Å². The number of aromatic hydroxyl groups is 1. The molecule has 1 N–H and O–H groups in total. The van der Waals surface area contributed by atoms with E-state index in [9.17, 15) is 5.11 Å². The lowest BCUT2D eigenvalue weighted by molar-refractivity contribution is 0.416. The molecule has 2 aromatic rings. The molecule has 0 bridgehead atoms. The Bertz CT molecular complexity index is 528. The zero-order chi connectivity index (χ0) is 11.0. The molecule has 0 radical (unpaired) electrons. The maximum atomic E-state index is 9.38. The summed E-state index contributed by atoms with van der Waals surface area (Å²) in [6.45, 7) is 0. The van der Waals surface area contributed by atoms with Crippen LogP contribution < -0.4 is 4.74 Å². The normalized spacial score (nSPS) is 10.6. The van der Waals surface area contributed by atoms with E-state index in [4.69, 9.17) is 4.74 Å². The van der Waals surface area contributed by atoms with Gasteiger partial charge < -0.3 is 9.84 Å². The monoisotopic (exact) mass is 331 g/mol. The van der Waals surface area contributed by atoms with E-state index < -0.39 is 0 Å². The van der Waals surface area contributed by atoms with Crippen LogP contribution in [0.15, 0.2) is 27.3 Å². The second-order valence-corrected chi connectivity index (χ2v) is 4.67. The van der Waals surface area contributed by atoms with Crippen molar-refractivity contribution >= 4 is 42.8 Å². The molecule has 0 aliphatic heterocycles. The lowest BCUT2D eigenvalue weighted by Gasteiger charge is -2.09. The number of benzene rings is 1. The van der Waals surface area contributed by atoms with Gasteiger partial charge >= 0.3 is 0 Å². The second-order valence-electron chi connectivity index (χ2n) is 2.96. The van der Waals surface area contributed by atoms with Gasteiger partial charge in [-0.1, -0.05) is 0 Å². The summed E-state index contributed by atoms with van der Waals surface area (Å²) in [5, 5.41) is 10.1. The van der Waals surface area contributed by atoms with Gasteiger partial charge in [-0.05, 0) is 44.0 Å². The molecule has 5 heteroatoms. The summed E-state index contributed by atoms with van der Waals surface area (Å²) in [6.07, 6.45) is 1.40. The van der Waals surface area contributed by atoms with E-state index in [0.717, 1.165) is 19.8 Å². The van der Waals surface area contributed by atoms with Crippen LogP contribution in [-0.4, -0.2) is 17.2 Å². The number of methoxy groups -OCH3 is 1. The highest BCUT2D eigenvalue weighted by Crippen LogP contribution is 2.38. The van der Waals surface area contributed by atoms with Gasteiger partial charge in [0.1, 0.15) is 11.5 Å². The zero-order valence-electron chi connectivity index (χ0n) is 7.79. The van der Waals surface area contributed by atoms with Crippen LogP contribution in [-0.2, 0) is 0 Å². The summed E-state index contributed by atoms with van der Waals surface area (Å²) in [4.78, 5) is 4.13. The molecular weight excluding hydrogens is 326 g/mol. The standard InChI is InChI=1S/C10H7Br2NO2/c1-15-10-6-2-5(14)4-13-9(6)7(11)3-8(10)12/h2-4,14H,1H3. The molecular formula is C10H7Br2NO2. The van der Waals surface area contributed by atoms with Crippen LogP contribution in [0.1, 0.15) is 0 Å². The van der Waals surface area contributed by atoms with Crippen LogP contribution in [0.5, 0.6) is 11.5 Å². The molecule has 15 heavy (non-hydrogen) atoms.